The Morgan fingerprint density at radius 3 is 2.66 bits per heavy atom. The number of hydrogen-bond acceptors (Lipinski definition) is 3. The van der Waals surface area contributed by atoms with Gasteiger partial charge in [-0.05, 0) is 53.0 Å². The molecule has 2 aromatic heterocycles. The Balaban J connectivity index is 1.42. The van der Waals surface area contributed by atoms with Crippen molar-refractivity contribution in [2.45, 2.75) is 12.5 Å². The number of rotatable bonds is 7. The van der Waals surface area contributed by atoms with Crippen LogP contribution in [-0.2, 0) is 6.54 Å². The van der Waals surface area contributed by atoms with Crippen molar-refractivity contribution >= 4 is 39.6 Å². The fourth-order valence-electron chi connectivity index (χ4n) is 3.42. The van der Waals surface area contributed by atoms with Crippen LogP contribution in [0.25, 0.3) is 10.9 Å². The zero-order chi connectivity index (χ0) is 20.1. The summed E-state index contributed by atoms with van der Waals surface area (Å²) in [5, 5.41) is 10.7. The molecule has 29 heavy (non-hydrogen) atoms. The lowest BCUT2D eigenvalue weighted by atomic mass is 9.97. The van der Waals surface area contributed by atoms with E-state index in [1.54, 1.807) is 18.4 Å². The molecule has 148 valence electrons. The van der Waals surface area contributed by atoms with Crippen molar-refractivity contribution in [1.29, 1.82) is 0 Å². The molecule has 0 saturated heterocycles. The molecule has 3 N–H and O–H groups in total. The lowest BCUT2D eigenvalue weighted by Crippen LogP contribution is -2.37. The summed E-state index contributed by atoms with van der Waals surface area (Å²) in [7, 11) is 1.67. The van der Waals surface area contributed by atoms with Gasteiger partial charge in [0.1, 0.15) is 5.75 Å². The zero-order valence-electron chi connectivity index (χ0n) is 16.1. The molecule has 0 aliphatic carbocycles. The van der Waals surface area contributed by atoms with Gasteiger partial charge in [-0.1, -0.05) is 36.4 Å². The summed E-state index contributed by atoms with van der Waals surface area (Å²) in [6.07, 6.45) is 2.12. The average Bonchev–Trinajstić information content (AvgIpc) is 3.44. The van der Waals surface area contributed by atoms with Gasteiger partial charge in [-0.25, -0.2) is 0 Å². The Labute approximate surface area is 179 Å². The molecule has 0 fully saturated rings. The van der Waals surface area contributed by atoms with Crippen LogP contribution in [0, 0.1) is 0 Å². The minimum Gasteiger partial charge on any atom is -0.497 e. The van der Waals surface area contributed by atoms with E-state index < -0.39 is 0 Å². The van der Waals surface area contributed by atoms with Gasteiger partial charge in [-0.2, -0.15) is 0 Å². The number of thiophene rings is 1. The molecule has 0 radical (unpaired) electrons. The Bertz CT molecular complexity index is 1070. The number of hydrogen-bond donors (Lipinski definition) is 3. The van der Waals surface area contributed by atoms with Crippen LogP contribution in [0.1, 0.15) is 21.9 Å². The molecule has 2 heterocycles. The predicted octanol–water partition coefficient (Wildman–Crippen LogP) is 5.03. The lowest BCUT2D eigenvalue weighted by Gasteiger charge is -2.18. The molecule has 0 saturated carbocycles. The molecular formula is C23H23N3OS2. The highest BCUT2D eigenvalue weighted by Gasteiger charge is 2.19. The molecule has 1 atom stereocenters. The number of para-hydroxylation sites is 1. The van der Waals surface area contributed by atoms with E-state index in [0.29, 0.717) is 11.7 Å². The summed E-state index contributed by atoms with van der Waals surface area (Å²) in [6.45, 7) is 1.41. The Hall–Kier alpha value is -2.83. The van der Waals surface area contributed by atoms with Gasteiger partial charge in [0.05, 0.1) is 7.11 Å². The first kappa shape index (κ1) is 19.5. The highest BCUT2D eigenvalue weighted by atomic mass is 32.1. The van der Waals surface area contributed by atoms with Gasteiger partial charge in [0.25, 0.3) is 0 Å². The van der Waals surface area contributed by atoms with Gasteiger partial charge >= 0.3 is 0 Å². The van der Waals surface area contributed by atoms with Crippen molar-refractivity contribution in [3.8, 4) is 5.75 Å². The van der Waals surface area contributed by atoms with Crippen molar-refractivity contribution in [2.75, 3.05) is 13.7 Å². The van der Waals surface area contributed by atoms with Gasteiger partial charge in [-0.15, -0.1) is 11.3 Å². The van der Waals surface area contributed by atoms with Crippen LogP contribution >= 0.6 is 23.6 Å². The summed E-state index contributed by atoms with van der Waals surface area (Å²) in [5.74, 6) is 1.08. The Morgan fingerprint density at radius 1 is 1.07 bits per heavy atom. The molecule has 0 amide bonds. The minimum atomic E-state index is 0.229. The zero-order valence-corrected chi connectivity index (χ0v) is 17.8. The van der Waals surface area contributed by atoms with Crippen molar-refractivity contribution < 1.29 is 4.74 Å². The van der Waals surface area contributed by atoms with E-state index in [-0.39, 0.29) is 5.92 Å². The van der Waals surface area contributed by atoms with Crippen LogP contribution in [0.4, 0.5) is 0 Å². The molecule has 0 aliphatic heterocycles. The van der Waals surface area contributed by atoms with Crippen LogP contribution in [0.3, 0.4) is 0 Å². The highest BCUT2D eigenvalue weighted by molar-refractivity contribution is 7.80. The van der Waals surface area contributed by atoms with Crippen LogP contribution in [-0.4, -0.2) is 23.8 Å². The first-order chi connectivity index (χ1) is 14.2. The fourth-order valence-corrected chi connectivity index (χ4v) is 4.42. The van der Waals surface area contributed by atoms with Gasteiger partial charge in [0, 0.05) is 41.0 Å². The number of nitrogens with one attached hydrogen (secondary N) is 3. The van der Waals surface area contributed by atoms with Crippen LogP contribution < -0.4 is 15.4 Å². The maximum Gasteiger partial charge on any atom is 0.166 e. The van der Waals surface area contributed by atoms with Crippen LogP contribution in [0.5, 0.6) is 5.75 Å². The topological polar surface area (TPSA) is 49.1 Å². The van der Waals surface area contributed by atoms with Gasteiger partial charge in [0.15, 0.2) is 5.11 Å². The normalized spacial score (nSPS) is 11.9. The number of methoxy groups -OCH3 is 1. The predicted molar refractivity (Wildman–Crippen MR) is 125 cm³/mol. The number of aromatic amines is 1. The second-order valence-electron chi connectivity index (χ2n) is 6.77. The van der Waals surface area contributed by atoms with Gasteiger partial charge in [0.2, 0.25) is 0 Å². The highest BCUT2D eigenvalue weighted by Crippen LogP contribution is 2.32. The second kappa shape index (κ2) is 9.11. The summed E-state index contributed by atoms with van der Waals surface area (Å²) in [4.78, 5) is 4.71. The monoisotopic (exact) mass is 421 g/mol. The van der Waals surface area contributed by atoms with Crippen molar-refractivity contribution in [3.05, 3.63) is 88.2 Å². The third-order valence-electron chi connectivity index (χ3n) is 4.96. The first-order valence-corrected chi connectivity index (χ1v) is 10.8. The number of ether oxygens (including phenoxy) is 1. The van der Waals surface area contributed by atoms with Gasteiger partial charge in [-0.3, -0.25) is 0 Å². The molecule has 4 nitrogen and oxygen atoms in total. The SMILES string of the molecule is COc1ccc(CNC(=S)NC[C@H](c2cccs2)c2c[nH]c3ccccc23)cc1. The second-order valence-corrected chi connectivity index (χ2v) is 8.16. The third-order valence-corrected chi connectivity index (χ3v) is 6.24. The maximum absolute atomic E-state index is 5.52. The van der Waals surface area contributed by atoms with E-state index in [9.17, 15) is 0 Å². The molecule has 4 aromatic rings. The van der Waals surface area contributed by atoms with E-state index in [1.807, 2.05) is 24.3 Å². The Morgan fingerprint density at radius 2 is 1.90 bits per heavy atom. The van der Waals surface area contributed by atoms with E-state index in [1.165, 1.54) is 15.8 Å². The molecular weight excluding hydrogens is 398 g/mol. The first-order valence-electron chi connectivity index (χ1n) is 9.48. The number of H-pyrrole nitrogens is 1. The molecule has 6 heteroatoms. The smallest absolute Gasteiger partial charge is 0.166 e. The number of thiocarbonyl (C=S) groups is 1. The summed E-state index contributed by atoms with van der Waals surface area (Å²) < 4.78 is 5.20. The summed E-state index contributed by atoms with van der Waals surface area (Å²) >= 11 is 7.30. The maximum atomic E-state index is 5.52. The Kier molecular flexibility index (Phi) is 6.12. The number of fused-ring (bicyclic) bond motifs is 1. The standard InChI is InChI=1S/C23H23N3OS2/c1-27-17-10-8-16(9-11-17)13-25-23(28)26-15-20(22-7-4-12-29-22)19-14-24-21-6-3-2-5-18(19)21/h2-12,14,20,24H,13,15H2,1H3,(H2,25,26,28)/t20-/m0/s1. The molecule has 0 spiro atoms. The van der Waals surface area contributed by atoms with Crippen molar-refractivity contribution in [1.82, 2.24) is 15.6 Å². The lowest BCUT2D eigenvalue weighted by molar-refractivity contribution is 0.414. The quantitative estimate of drug-likeness (QED) is 0.366. The molecule has 0 aliphatic rings. The van der Waals surface area contributed by atoms with Crippen LogP contribution in [0.2, 0.25) is 0 Å². The summed E-state index contributed by atoms with van der Waals surface area (Å²) in [6, 6.07) is 20.7. The van der Waals surface area contributed by atoms with Crippen molar-refractivity contribution in [3.63, 3.8) is 0 Å². The van der Waals surface area contributed by atoms with E-state index in [2.05, 4.69) is 63.6 Å². The van der Waals surface area contributed by atoms with E-state index in [4.69, 9.17) is 17.0 Å². The van der Waals surface area contributed by atoms with E-state index >= 15 is 0 Å². The molecule has 0 bridgehead atoms. The largest absolute Gasteiger partial charge is 0.497 e. The number of benzene rings is 2. The van der Waals surface area contributed by atoms with Crippen LogP contribution in [0.15, 0.2) is 72.2 Å². The number of aromatic nitrogens is 1. The fraction of sp³-hybridized carbons (Fsp3) is 0.174. The minimum absolute atomic E-state index is 0.229. The van der Waals surface area contributed by atoms with Crippen molar-refractivity contribution in [2.24, 2.45) is 0 Å². The van der Waals surface area contributed by atoms with E-state index in [0.717, 1.165) is 23.4 Å². The summed E-state index contributed by atoms with van der Waals surface area (Å²) in [5.41, 5.74) is 3.60. The average molecular weight is 422 g/mol. The van der Waals surface area contributed by atoms with Gasteiger partial charge < -0.3 is 20.4 Å². The molecule has 4 rings (SSSR count). The molecule has 0 unspecified atom stereocenters. The third kappa shape index (κ3) is 4.60. The molecule has 2 aromatic carbocycles.